The molecule has 1 aliphatic rings. The molecule has 1 fully saturated rings. The lowest BCUT2D eigenvalue weighted by Gasteiger charge is -2.23. The van der Waals surface area contributed by atoms with Gasteiger partial charge in [0.2, 0.25) is 5.91 Å². The molecule has 1 saturated heterocycles. The van der Waals surface area contributed by atoms with Gasteiger partial charge < -0.3 is 15.4 Å². The smallest absolute Gasteiger partial charge is 0.222 e. The highest BCUT2D eigenvalue weighted by Crippen LogP contribution is 2.19. The molecule has 0 radical (unpaired) electrons. The van der Waals surface area contributed by atoms with Crippen LogP contribution in [0.25, 0.3) is 0 Å². The molecule has 1 aromatic rings. The molecule has 0 spiro atoms. The average molecular weight is 313 g/mol. The van der Waals surface area contributed by atoms with Crippen LogP contribution in [0, 0.1) is 6.92 Å². The molecule has 1 heterocycles. The highest BCUT2D eigenvalue weighted by molar-refractivity contribution is 5.85. The van der Waals surface area contributed by atoms with Crippen molar-refractivity contribution in [2.75, 3.05) is 19.7 Å². The monoisotopic (exact) mass is 312 g/mol. The summed E-state index contributed by atoms with van der Waals surface area (Å²) in [4.78, 5) is 14.0. The Balaban J connectivity index is 0.00000220. The number of benzene rings is 1. The number of para-hydroxylation sites is 1. The lowest BCUT2D eigenvalue weighted by Crippen LogP contribution is -2.39. The summed E-state index contributed by atoms with van der Waals surface area (Å²) in [5.74, 6) is 1.12. The van der Waals surface area contributed by atoms with E-state index in [4.69, 9.17) is 10.5 Å². The van der Waals surface area contributed by atoms with Crippen LogP contribution in [0.5, 0.6) is 5.75 Å². The Hall–Kier alpha value is -1.26. The van der Waals surface area contributed by atoms with E-state index < -0.39 is 0 Å². The van der Waals surface area contributed by atoms with E-state index in [2.05, 4.69) is 0 Å². The first kappa shape index (κ1) is 17.8. The van der Waals surface area contributed by atoms with Crippen LogP contribution in [0.3, 0.4) is 0 Å². The SMILES string of the molecule is Cc1ccccc1OCCCC(=O)N1CCCC1CN.Cl. The molecule has 1 aromatic carbocycles. The number of hydrogen-bond donors (Lipinski definition) is 1. The van der Waals surface area contributed by atoms with E-state index >= 15 is 0 Å². The fourth-order valence-corrected chi connectivity index (χ4v) is 2.68. The topological polar surface area (TPSA) is 55.6 Å². The third-order valence-corrected chi connectivity index (χ3v) is 3.86. The van der Waals surface area contributed by atoms with Crippen LogP contribution in [0.2, 0.25) is 0 Å². The summed E-state index contributed by atoms with van der Waals surface area (Å²) in [6.07, 6.45) is 3.42. The quantitative estimate of drug-likeness (QED) is 0.821. The zero-order valence-electron chi connectivity index (χ0n) is 12.6. The molecule has 0 saturated carbocycles. The zero-order chi connectivity index (χ0) is 14.4. The molecule has 1 atom stereocenters. The second-order valence-electron chi connectivity index (χ2n) is 5.34. The average Bonchev–Trinajstić information content (AvgIpc) is 2.93. The number of nitrogens with zero attached hydrogens (tertiary/aromatic N) is 1. The lowest BCUT2D eigenvalue weighted by molar-refractivity contribution is -0.132. The molecule has 1 aliphatic heterocycles. The fraction of sp³-hybridized carbons (Fsp3) is 0.562. The van der Waals surface area contributed by atoms with Crippen LogP contribution in [-0.2, 0) is 4.79 Å². The number of halogens is 1. The molecule has 2 N–H and O–H groups in total. The van der Waals surface area contributed by atoms with E-state index in [1.54, 1.807) is 0 Å². The second kappa shape index (κ2) is 8.90. The number of carbonyl (C=O) groups excluding carboxylic acids is 1. The van der Waals surface area contributed by atoms with Gasteiger partial charge in [0.1, 0.15) is 5.75 Å². The number of aryl methyl sites for hydroxylation is 1. The Morgan fingerprint density at radius 2 is 2.19 bits per heavy atom. The molecular formula is C16H25ClN2O2. The maximum Gasteiger partial charge on any atom is 0.222 e. The normalized spacial score (nSPS) is 17.4. The first-order valence-corrected chi connectivity index (χ1v) is 7.40. The van der Waals surface area contributed by atoms with E-state index in [1.807, 2.05) is 36.1 Å². The summed E-state index contributed by atoms with van der Waals surface area (Å²) < 4.78 is 5.71. The number of amides is 1. The number of carbonyl (C=O) groups is 1. The van der Waals surface area contributed by atoms with E-state index in [0.717, 1.165) is 37.1 Å². The van der Waals surface area contributed by atoms with Gasteiger partial charge in [0.25, 0.3) is 0 Å². The minimum Gasteiger partial charge on any atom is -0.493 e. The largest absolute Gasteiger partial charge is 0.493 e. The molecule has 0 aliphatic carbocycles. The van der Waals surface area contributed by atoms with Crippen molar-refractivity contribution in [3.63, 3.8) is 0 Å². The minimum atomic E-state index is 0. The van der Waals surface area contributed by atoms with Crippen molar-refractivity contribution in [3.8, 4) is 5.75 Å². The molecular weight excluding hydrogens is 288 g/mol. The summed E-state index contributed by atoms with van der Waals surface area (Å²) in [7, 11) is 0. The van der Waals surface area contributed by atoms with Crippen molar-refractivity contribution in [2.45, 2.75) is 38.6 Å². The third-order valence-electron chi connectivity index (χ3n) is 3.86. The van der Waals surface area contributed by atoms with E-state index in [-0.39, 0.29) is 24.4 Å². The molecule has 0 aromatic heterocycles. The van der Waals surface area contributed by atoms with Gasteiger partial charge in [-0.3, -0.25) is 4.79 Å². The highest BCUT2D eigenvalue weighted by atomic mass is 35.5. The molecule has 1 amide bonds. The van der Waals surface area contributed by atoms with E-state index in [1.165, 1.54) is 0 Å². The number of nitrogens with two attached hydrogens (primary N) is 1. The van der Waals surface area contributed by atoms with Gasteiger partial charge in [0, 0.05) is 25.6 Å². The summed E-state index contributed by atoms with van der Waals surface area (Å²) >= 11 is 0. The Kier molecular flexibility index (Phi) is 7.54. The van der Waals surface area contributed by atoms with Crippen LogP contribution in [0.15, 0.2) is 24.3 Å². The van der Waals surface area contributed by atoms with Crippen LogP contribution in [-0.4, -0.2) is 36.5 Å². The number of ether oxygens (including phenoxy) is 1. The fourth-order valence-electron chi connectivity index (χ4n) is 2.68. The first-order chi connectivity index (χ1) is 9.72. The Bertz CT molecular complexity index is 454. The summed E-state index contributed by atoms with van der Waals surface area (Å²) in [5, 5.41) is 0. The van der Waals surface area contributed by atoms with Crippen molar-refractivity contribution in [1.82, 2.24) is 4.90 Å². The maximum absolute atomic E-state index is 12.1. The van der Waals surface area contributed by atoms with Crippen LogP contribution >= 0.6 is 12.4 Å². The summed E-state index contributed by atoms with van der Waals surface area (Å²) in [6, 6.07) is 8.19. The first-order valence-electron chi connectivity index (χ1n) is 7.40. The maximum atomic E-state index is 12.1. The van der Waals surface area contributed by atoms with Crippen LogP contribution in [0.1, 0.15) is 31.2 Å². The number of rotatable bonds is 6. The Morgan fingerprint density at radius 1 is 1.43 bits per heavy atom. The van der Waals surface area contributed by atoms with Gasteiger partial charge in [-0.15, -0.1) is 12.4 Å². The van der Waals surface area contributed by atoms with Crippen LogP contribution in [0.4, 0.5) is 0 Å². The van der Waals surface area contributed by atoms with Gasteiger partial charge in [-0.25, -0.2) is 0 Å². The molecule has 1 unspecified atom stereocenters. The lowest BCUT2D eigenvalue weighted by atomic mass is 10.2. The molecule has 2 rings (SSSR count). The molecule has 4 nitrogen and oxygen atoms in total. The Labute approximate surface area is 133 Å². The van der Waals surface area contributed by atoms with Crippen molar-refractivity contribution < 1.29 is 9.53 Å². The minimum absolute atomic E-state index is 0. The molecule has 0 bridgehead atoms. The van der Waals surface area contributed by atoms with Gasteiger partial charge in [0.15, 0.2) is 0 Å². The van der Waals surface area contributed by atoms with Crippen molar-refractivity contribution >= 4 is 18.3 Å². The highest BCUT2D eigenvalue weighted by Gasteiger charge is 2.26. The van der Waals surface area contributed by atoms with Gasteiger partial charge in [0.05, 0.1) is 6.61 Å². The third kappa shape index (κ3) is 4.90. The van der Waals surface area contributed by atoms with Crippen molar-refractivity contribution in [1.29, 1.82) is 0 Å². The van der Waals surface area contributed by atoms with Gasteiger partial charge in [-0.2, -0.15) is 0 Å². The van der Waals surface area contributed by atoms with Gasteiger partial charge >= 0.3 is 0 Å². The standard InChI is InChI=1S/C16H24N2O2.ClH/c1-13-6-2-3-8-15(13)20-11-5-9-16(19)18-10-4-7-14(18)12-17;/h2-3,6,8,14H,4-5,7,9-12,17H2,1H3;1H. The summed E-state index contributed by atoms with van der Waals surface area (Å²) in [5.41, 5.74) is 6.82. The number of hydrogen-bond acceptors (Lipinski definition) is 3. The predicted molar refractivity (Wildman–Crippen MR) is 86.9 cm³/mol. The number of likely N-dealkylation sites (tertiary alicyclic amines) is 1. The zero-order valence-corrected chi connectivity index (χ0v) is 13.4. The Morgan fingerprint density at radius 3 is 2.90 bits per heavy atom. The summed E-state index contributed by atoms with van der Waals surface area (Å²) in [6.45, 7) is 4.04. The second-order valence-corrected chi connectivity index (χ2v) is 5.34. The predicted octanol–water partition coefficient (Wildman–Crippen LogP) is 2.53. The van der Waals surface area contributed by atoms with Crippen LogP contribution < -0.4 is 10.5 Å². The molecule has 5 heteroatoms. The van der Waals surface area contributed by atoms with E-state index in [9.17, 15) is 4.79 Å². The molecule has 21 heavy (non-hydrogen) atoms. The molecule has 118 valence electrons. The van der Waals surface area contributed by atoms with Gasteiger partial charge in [-0.1, -0.05) is 18.2 Å². The van der Waals surface area contributed by atoms with Gasteiger partial charge in [-0.05, 0) is 37.8 Å². The van der Waals surface area contributed by atoms with E-state index in [0.29, 0.717) is 19.6 Å². The van der Waals surface area contributed by atoms with Crippen molar-refractivity contribution in [3.05, 3.63) is 29.8 Å². The van der Waals surface area contributed by atoms with Crippen molar-refractivity contribution in [2.24, 2.45) is 5.73 Å².